The summed E-state index contributed by atoms with van der Waals surface area (Å²) in [6.45, 7) is 0.453. The maximum atomic E-state index is 12.7. The number of nitrogens with two attached hydrogens (primary N) is 1. The molecule has 106 valence electrons. The van der Waals surface area contributed by atoms with Gasteiger partial charge in [-0.3, -0.25) is 0 Å². The van der Waals surface area contributed by atoms with Gasteiger partial charge in [0.1, 0.15) is 0 Å². The van der Waals surface area contributed by atoms with Gasteiger partial charge in [-0.15, -0.1) is 11.3 Å². The van der Waals surface area contributed by atoms with Gasteiger partial charge < -0.3 is 5.73 Å². The van der Waals surface area contributed by atoms with E-state index in [0.29, 0.717) is 17.1 Å². The molecule has 2 N–H and O–H groups in total. The minimum atomic E-state index is -3.45. The molecule has 2 aromatic rings. The van der Waals surface area contributed by atoms with Crippen molar-refractivity contribution >= 4 is 27.0 Å². The number of sulfonamides is 1. The molecule has 0 amide bonds. The Morgan fingerprint density at radius 3 is 2.45 bits per heavy atom. The molecule has 1 fully saturated rings. The van der Waals surface area contributed by atoms with Crippen molar-refractivity contribution in [1.29, 1.82) is 0 Å². The molecule has 0 radical (unpaired) electrons. The molecule has 0 aliphatic heterocycles. The van der Waals surface area contributed by atoms with Crippen molar-refractivity contribution in [2.75, 3.05) is 5.73 Å². The van der Waals surface area contributed by atoms with E-state index in [1.54, 1.807) is 39.9 Å². The molecule has 1 aromatic heterocycles. The molecule has 1 heterocycles. The van der Waals surface area contributed by atoms with E-state index in [1.165, 1.54) is 0 Å². The summed E-state index contributed by atoms with van der Waals surface area (Å²) < 4.78 is 27.1. The van der Waals surface area contributed by atoms with Crippen LogP contribution in [0.25, 0.3) is 0 Å². The molecular weight excluding hydrogens is 292 g/mol. The van der Waals surface area contributed by atoms with Crippen LogP contribution in [-0.4, -0.2) is 18.8 Å². The number of anilines is 1. The zero-order valence-corrected chi connectivity index (χ0v) is 12.5. The van der Waals surface area contributed by atoms with Crippen LogP contribution in [0.5, 0.6) is 0 Å². The quantitative estimate of drug-likeness (QED) is 0.864. The van der Waals surface area contributed by atoms with E-state index in [1.807, 2.05) is 17.5 Å². The van der Waals surface area contributed by atoms with E-state index in [2.05, 4.69) is 0 Å². The monoisotopic (exact) mass is 308 g/mol. The predicted molar refractivity (Wildman–Crippen MR) is 80.9 cm³/mol. The number of hydrogen-bond donors (Lipinski definition) is 1. The van der Waals surface area contributed by atoms with Crippen LogP contribution >= 0.6 is 11.3 Å². The van der Waals surface area contributed by atoms with Crippen molar-refractivity contribution in [2.45, 2.75) is 30.3 Å². The van der Waals surface area contributed by atoms with E-state index >= 15 is 0 Å². The van der Waals surface area contributed by atoms with Crippen LogP contribution in [0.3, 0.4) is 0 Å². The van der Waals surface area contributed by atoms with Crippen LogP contribution in [0.15, 0.2) is 46.7 Å². The van der Waals surface area contributed by atoms with Gasteiger partial charge in [0, 0.05) is 23.2 Å². The maximum absolute atomic E-state index is 12.7. The van der Waals surface area contributed by atoms with Crippen molar-refractivity contribution in [3.8, 4) is 0 Å². The average molecular weight is 308 g/mol. The molecule has 1 saturated carbocycles. The third-order valence-electron chi connectivity index (χ3n) is 3.33. The van der Waals surface area contributed by atoms with E-state index in [0.717, 1.165) is 17.7 Å². The minimum absolute atomic E-state index is 0.139. The molecule has 0 saturated heterocycles. The Morgan fingerprint density at radius 1 is 1.20 bits per heavy atom. The summed E-state index contributed by atoms with van der Waals surface area (Å²) in [5, 5.41) is 1.97. The van der Waals surface area contributed by atoms with Crippen molar-refractivity contribution in [3.05, 3.63) is 46.7 Å². The van der Waals surface area contributed by atoms with Gasteiger partial charge in [-0.1, -0.05) is 6.07 Å². The summed E-state index contributed by atoms with van der Waals surface area (Å²) >= 11 is 1.58. The Balaban J connectivity index is 1.91. The van der Waals surface area contributed by atoms with Gasteiger partial charge in [0.15, 0.2) is 0 Å². The highest BCUT2D eigenvalue weighted by atomic mass is 32.2. The van der Waals surface area contributed by atoms with Gasteiger partial charge in [-0.2, -0.15) is 4.31 Å². The fourth-order valence-electron chi connectivity index (χ4n) is 2.10. The highest BCUT2D eigenvalue weighted by molar-refractivity contribution is 7.89. The van der Waals surface area contributed by atoms with Crippen molar-refractivity contribution in [2.24, 2.45) is 0 Å². The highest BCUT2D eigenvalue weighted by Crippen LogP contribution is 2.34. The first-order valence-corrected chi connectivity index (χ1v) is 8.79. The fraction of sp³-hybridized carbons (Fsp3) is 0.286. The Kier molecular flexibility index (Phi) is 3.54. The summed E-state index contributed by atoms with van der Waals surface area (Å²) in [4.78, 5) is 1.38. The summed E-state index contributed by atoms with van der Waals surface area (Å²) in [5.41, 5.74) is 6.19. The first-order chi connectivity index (χ1) is 9.57. The molecule has 0 bridgehead atoms. The maximum Gasteiger partial charge on any atom is 0.243 e. The Morgan fingerprint density at radius 2 is 1.90 bits per heavy atom. The molecule has 0 unspecified atom stereocenters. The highest BCUT2D eigenvalue weighted by Gasteiger charge is 2.38. The molecule has 4 nitrogen and oxygen atoms in total. The topological polar surface area (TPSA) is 63.4 Å². The zero-order chi connectivity index (χ0) is 14.2. The largest absolute Gasteiger partial charge is 0.399 e. The van der Waals surface area contributed by atoms with Crippen molar-refractivity contribution < 1.29 is 8.42 Å². The Labute approximate surface area is 122 Å². The van der Waals surface area contributed by atoms with E-state index in [-0.39, 0.29) is 6.04 Å². The van der Waals surface area contributed by atoms with Crippen LogP contribution in [-0.2, 0) is 16.6 Å². The average Bonchev–Trinajstić information content (AvgIpc) is 3.12. The number of rotatable bonds is 5. The third kappa shape index (κ3) is 2.72. The molecule has 0 spiro atoms. The third-order valence-corrected chi connectivity index (χ3v) is 6.11. The molecule has 3 rings (SSSR count). The number of nitrogens with zero attached hydrogens (tertiary/aromatic N) is 1. The van der Waals surface area contributed by atoms with Crippen LogP contribution in [0.2, 0.25) is 0 Å². The molecular formula is C14H16N2O2S2. The molecule has 1 aromatic carbocycles. The van der Waals surface area contributed by atoms with Crippen LogP contribution < -0.4 is 5.73 Å². The Bertz CT molecular complexity index is 674. The van der Waals surface area contributed by atoms with Crippen molar-refractivity contribution in [1.82, 2.24) is 4.31 Å². The fourth-order valence-corrected chi connectivity index (χ4v) is 4.55. The summed E-state index contributed by atoms with van der Waals surface area (Å²) in [7, 11) is -3.45. The first kappa shape index (κ1) is 13.6. The first-order valence-electron chi connectivity index (χ1n) is 6.47. The van der Waals surface area contributed by atoms with E-state index in [9.17, 15) is 8.42 Å². The lowest BCUT2D eigenvalue weighted by Gasteiger charge is -2.21. The van der Waals surface area contributed by atoms with Gasteiger partial charge in [-0.05, 0) is 48.6 Å². The second-order valence-corrected chi connectivity index (χ2v) is 7.85. The summed E-state index contributed by atoms with van der Waals surface area (Å²) in [6, 6.07) is 10.5. The molecule has 6 heteroatoms. The SMILES string of the molecule is Nc1ccc(S(=O)(=O)N(Cc2cccs2)C2CC2)cc1. The standard InChI is InChI=1S/C14H16N2O2S2/c15-11-3-7-14(8-4-11)20(17,18)16(12-5-6-12)10-13-2-1-9-19-13/h1-4,7-9,12H,5-6,10,15H2. The Hall–Kier alpha value is -1.37. The molecule has 1 aliphatic rings. The number of benzene rings is 1. The van der Waals surface area contributed by atoms with E-state index < -0.39 is 10.0 Å². The molecule has 20 heavy (non-hydrogen) atoms. The van der Waals surface area contributed by atoms with Gasteiger partial charge in [0.2, 0.25) is 10.0 Å². The van der Waals surface area contributed by atoms with Crippen molar-refractivity contribution in [3.63, 3.8) is 0 Å². The lowest BCUT2D eigenvalue weighted by molar-refractivity contribution is 0.401. The number of nitrogen functional groups attached to an aromatic ring is 1. The minimum Gasteiger partial charge on any atom is -0.399 e. The predicted octanol–water partition coefficient (Wildman–Crippen LogP) is 2.68. The van der Waals surface area contributed by atoms with Crippen LogP contribution in [0.1, 0.15) is 17.7 Å². The zero-order valence-electron chi connectivity index (χ0n) is 10.9. The van der Waals surface area contributed by atoms with Crippen LogP contribution in [0.4, 0.5) is 5.69 Å². The summed E-state index contributed by atoms with van der Waals surface area (Å²) in [5.74, 6) is 0. The van der Waals surface area contributed by atoms with Gasteiger partial charge in [-0.25, -0.2) is 8.42 Å². The summed E-state index contributed by atoms with van der Waals surface area (Å²) in [6.07, 6.45) is 1.89. The molecule has 0 atom stereocenters. The number of thiophene rings is 1. The van der Waals surface area contributed by atoms with Gasteiger partial charge in [0.05, 0.1) is 4.90 Å². The van der Waals surface area contributed by atoms with Crippen LogP contribution in [0, 0.1) is 0 Å². The smallest absolute Gasteiger partial charge is 0.243 e. The van der Waals surface area contributed by atoms with Gasteiger partial charge in [0.25, 0.3) is 0 Å². The second-order valence-electron chi connectivity index (χ2n) is 4.93. The normalized spacial score (nSPS) is 15.7. The lowest BCUT2D eigenvalue weighted by Crippen LogP contribution is -2.32. The number of hydrogen-bond acceptors (Lipinski definition) is 4. The van der Waals surface area contributed by atoms with Gasteiger partial charge >= 0.3 is 0 Å². The van der Waals surface area contributed by atoms with E-state index in [4.69, 9.17) is 5.73 Å². The second kappa shape index (κ2) is 5.20. The lowest BCUT2D eigenvalue weighted by atomic mass is 10.3. The molecule has 1 aliphatic carbocycles.